The minimum Gasteiger partial charge on any atom is -0.486 e. The fraction of sp³-hybridized carbons (Fsp3) is 0.250. The molecule has 2 heterocycles. The van der Waals surface area contributed by atoms with E-state index in [1.165, 1.54) is 10.6 Å². The molecule has 1 aliphatic rings. The Hall–Kier alpha value is -1.99. The normalized spacial score (nSPS) is 12.8. The number of fused-ring (bicyclic) bond motifs is 1. The van der Waals surface area contributed by atoms with Gasteiger partial charge in [-0.15, -0.1) is 0 Å². The molecule has 1 N–H and O–H groups in total. The lowest BCUT2D eigenvalue weighted by atomic mass is 10.2. The van der Waals surface area contributed by atoms with E-state index in [4.69, 9.17) is 21.1 Å². The molecule has 1 aliphatic heterocycles. The first-order valence-corrected chi connectivity index (χ1v) is 8.41. The third kappa shape index (κ3) is 3.91. The highest BCUT2D eigenvalue weighted by Crippen LogP contribution is 2.38. The number of pyridine rings is 1. The largest absolute Gasteiger partial charge is 0.486 e. The quantitative estimate of drug-likeness (QED) is 0.835. The van der Waals surface area contributed by atoms with Crippen LogP contribution in [-0.4, -0.2) is 23.7 Å². The first-order valence-electron chi connectivity index (χ1n) is 7.23. The lowest BCUT2D eigenvalue weighted by molar-refractivity contribution is -0.121. The average Bonchev–Trinajstić information content (AvgIpc) is 2.56. The number of hydrogen-bond acceptors (Lipinski definition) is 4. The monoisotopic (exact) mass is 412 g/mol. The molecular weight excluding hydrogens is 400 g/mol. The van der Waals surface area contributed by atoms with Crippen molar-refractivity contribution in [3.8, 4) is 11.5 Å². The van der Waals surface area contributed by atoms with Gasteiger partial charge in [0.1, 0.15) is 19.8 Å². The molecule has 1 amide bonds. The first kappa shape index (κ1) is 16.9. The minimum absolute atomic E-state index is 0.0590. The number of nitrogens with one attached hydrogen (secondary N) is 1. The van der Waals surface area contributed by atoms with E-state index in [-0.39, 0.29) is 24.6 Å². The maximum atomic E-state index is 12.0. The van der Waals surface area contributed by atoms with Crippen molar-refractivity contribution in [3.63, 3.8) is 0 Å². The van der Waals surface area contributed by atoms with Crippen LogP contribution in [0.1, 0.15) is 5.56 Å². The highest BCUT2D eigenvalue weighted by atomic mass is 79.9. The zero-order valence-corrected chi connectivity index (χ0v) is 14.9. The number of halogens is 2. The van der Waals surface area contributed by atoms with Crippen LogP contribution >= 0.6 is 27.5 Å². The van der Waals surface area contributed by atoms with Gasteiger partial charge in [-0.1, -0.05) is 11.6 Å². The standard InChI is InChI=1S/C16H14BrClN2O4/c17-11-1-2-15(22)20(8-11)9-14(21)19-7-10-5-12(18)16-13(6-10)23-3-4-24-16/h1-2,5-6,8H,3-4,7,9H2,(H,19,21). The summed E-state index contributed by atoms with van der Waals surface area (Å²) in [6.07, 6.45) is 1.57. The Labute approximate surface area is 151 Å². The fourth-order valence-electron chi connectivity index (χ4n) is 2.30. The van der Waals surface area contributed by atoms with Gasteiger partial charge in [0.25, 0.3) is 5.56 Å². The maximum absolute atomic E-state index is 12.0. The summed E-state index contributed by atoms with van der Waals surface area (Å²) in [5.41, 5.74) is 0.551. The molecule has 0 saturated carbocycles. The Morgan fingerprint density at radius 1 is 1.29 bits per heavy atom. The summed E-state index contributed by atoms with van der Waals surface area (Å²) in [5.74, 6) is 0.820. The van der Waals surface area contributed by atoms with E-state index in [1.54, 1.807) is 24.4 Å². The highest BCUT2D eigenvalue weighted by Gasteiger charge is 2.16. The molecule has 1 aromatic carbocycles. The van der Waals surface area contributed by atoms with Gasteiger partial charge in [0.05, 0.1) is 5.02 Å². The van der Waals surface area contributed by atoms with Crippen LogP contribution in [0.5, 0.6) is 11.5 Å². The third-order valence-corrected chi connectivity index (χ3v) is 4.16. The van der Waals surface area contributed by atoms with Crippen molar-refractivity contribution in [2.45, 2.75) is 13.1 Å². The van der Waals surface area contributed by atoms with Crippen molar-refractivity contribution in [2.75, 3.05) is 13.2 Å². The molecule has 2 aromatic rings. The van der Waals surface area contributed by atoms with E-state index in [0.29, 0.717) is 29.7 Å². The van der Waals surface area contributed by atoms with Crippen LogP contribution in [0, 0.1) is 0 Å². The number of aromatic nitrogens is 1. The summed E-state index contributed by atoms with van der Waals surface area (Å²) in [7, 11) is 0. The lowest BCUT2D eigenvalue weighted by Crippen LogP contribution is -2.31. The molecule has 6 nitrogen and oxygen atoms in total. The Kier molecular flexibility index (Phi) is 5.11. The zero-order chi connectivity index (χ0) is 17.1. The maximum Gasteiger partial charge on any atom is 0.251 e. The Bertz CT molecular complexity index is 837. The molecule has 3 rings (SSSR count). The predicted octanol–water partition coefficient (Wildman–Crippen LogP) is 2.35. The van der Waals surface area contributed by atoms with Crippen molar-refractivity contribution in [1.29, 1.82) is 0 Å². The van der Waals surface area contributed by atoms with Crippen LogP contribution in [0.4, 0.5) is 0 Å². The smallest absolute Gasteiger partial charge is 0.251 e. The van der Waals surface area contributed by atoms with E-state index >= 15 is 0 Å². The number of amides is 1. The zero-order valence-electron chi connectivity index (χ0n) is 12.6. The van der Waals surface area contributed by atoms with Gasteiger partial charge in [-0.05, 0) is 39.7 Å². The lowest BCUT2D eigenvalue weighted by Gasteiger charge is -2.20. The molecular formula is C16H14BrClN2O4. The number of hydrogen-bond donors (Lipinski definition) is 1. The number of carbonyl (C=O) groups is 1. The van der Waals surface area contributed by atoms with Crippen molar-refractivity contribution in [1.82, 2.24) is 9.88 Å². The second-order valence-electron chi connectivity index (χ2n) is 5.19. The van der Waals surface area contributed by atoms with E-state index < -0.39 is 0 Å². The van der Waals surface area contributed by atoms with E-state index in [0.717, 1.165) is 10.0 Å². The van der Waals surface area contributed by atoms with Crippen molar-refractivity contribution in [3.05, 3.63) is 55.9 Å². The van der Waals surface area contributed by atoms with Crippen LogP contribution in [0.2, 0.25) is 5.02 Å². The summed E-state index contributed by atoms with van der Waals surface area (Å²) in [4.78, 5) is 23.7. The van der Waals surface area contributed by atoms with Crippen molar-refractivity contribution in [2.24, 2.45) is 0 Å². The molecule has 126 valence electrons. The second-order valence-corrected chi connectivity index (χ2v) is 6.51. The van der Waals surface area contributed by atoms with Crippen LogP contribution in [0.3, 0.4) is 0 Å². The van der Waals surface area contributed by atoms with Gasteiger partial charge in [0.2, 0.25) is 5.91 Å². The summed E-state index contributed by atoms with van der Waals surface area (Å²) in [6.45, 7) is 1.14. The summed E-state index contributed by atoms with van der Waals surface area (Å²) < 4.78 is 13.0. The molecule has 1 aromatic heterocycles. The van der Waals surface area contributed by atoms with Gasteiger partial charge in [-0.2, -0.15) is 0 Å². The van der Waals surface area contributed by atoms with Gasteiger partial charge in [-0.25, -0.2) is 0 Å². The molecule has 0 fully saturated rings. The van der Waals surface area contributed by atoms with E-state index in [2.05, 4.69) is 21.2 Å². The van der Waals surface area contributed by atoms with Crippen LogP contribution in [-0.2, 0) is 17.9 Å². The number of rotatable bonds is 4. The van der Waals surface area contributed by atoms with Crippen LogP contribution < -0.4 is 20.3 Å². The topological polar surface area (TPSA) is 69.6 Å². The summed E-state index contributed by atoms with van der Waals surface area (Å²) in [6, 6.07) is 6.54. The average molecular weight is 414 g/mol. The second kappa shape index (κ2) is 7.27. The fourth-order valence-corrected chi connectivity index (χ4v) is 2.97. The number of benzene rings is 1. The van der Waals surface area contributed by atoms with Crippen LogP contribution in [0.25, 0.3) is 0 Å². The number of carbonyl (C=O) groups excluding carboxylic acids is 1. The first-order chi connectivity index (χ1) is 11.5. The Morgan fingerprint density at radius 2 is 2.08 bits per heavy atom. The molecule has 8 heteroatoms. The van der Waals surface area contributed by atoms with Crippen molar-refractivity contribution >= 4 is 33.4 Å². The van der Waals surface area contributed by atoms with E-state index in [9.17, 15) is 9.59 Å². The van der Waals surface area contributed by atoms with Crippen molar-refractivity contribution < 1.29 is 14.3 Å². The molecule has 0 bridgehead atoms. The van der Waals surface area contributed by atoms with Gasteiger partial charge >= 0.3 is 0 Å². The van der Waals surface area contributed by atoms with E-state index in [1.807, 2.05) is 0 Å². The molecule has 0 spiro atoms. The number of ether oxygens (including phenoxy) is 2. The molecule has 0 radical (unpaired) electrons. The molecule has 24 heavy (non-hydrogen) atoms. The SMILES string of the molecule is O=C(Cn1cc(Br)ccc1=O)NCc1cc(Cl)c2c(c1)OCCO2. The predicted molar refractivity (Wildman–Crippen MR) is 92.7 cm³/mol. The van der Waals surface area contributed by atoms with Gasteiger partial charge in [-0.3, -0.25) is 9.59 Å². The van der Waals surface area contributed by atoms with Gasteiger partial charge in [0.15, 0.2) is 11.5 Å². The highest BCUT2D eigenvalue weighted by molar-refractivity contribution is 9.10. The molecule has 0 saturated heterocycles. The Balaban J connectivity index is 1.65. The molecule has 0 atom stereocenters. The van der Waals surface area contributed by atoms with Gasteiger partial charge in [0, 0.05) is 23.3 Å². The summed E-state index contributed by atoms with van der Waals surface area (Å²) in [5, 5.41) is 3.20. The minimum atomic E-state index is -0.277. The number of nitrogens with zero attached hydrogens (tertiary/aromatic N) is 1. The van der Waals surface area contributed by atoms with Gasteiger partial charge < -0.3 is 19.4 Å². The third-order valence-electron chi connectivity index (χ3n) is 3.41. The Morgan fingerprint density at radius 3 is 2.92 bits per heavy atom. The summed E-state index contributed by atoms with van der Waals surface area (Å²) >= 11 is 9.44. The van der Waals surface area contributed by atoms with Crippen LogP contribution in [0.15, 0.2) is 39.7 Å². The molecule has 0 aliphatic carbocycles. The molecule has 0 unspecified atom stereocenters.